The van der Waals surface area contributed by atoms with Crippen LogP contribution in [-0.2, 0) is 16.0 Å². The van der Waals surface area contributed by atoms with Crippen molar-refractivity contribution in [3.05, 3.63) is 59.7 Å². The molecule has 0 aromatic heterocycles. The van der Waals surface area contributed by atoms with Crippen LogP contribution in [0.25, 0.3) is 0 Å². The van der Waals surface area contributed by atoms with E-state index >= 15 is 0 Å². The Labute approximate surface area is 183 Å². The fourth-order valence-corrected chi connectivity index (χ4v) is 4.51. The number of anilines is 2. The molecule has 0 bridgehead atoms. The number of carbonyl (C=O) groups excluding carboxylic acids is 3. The van der Waals surface area contributed by atoms with Crippen molar-refractivity contribution >= 4 is 29.1 Å². The molecule has 1 aliphatic heterocycles. The molecule has 2 aliphatic rings. The number of benzene rings is 2. The van der Waals surface area contributed by atoms with Gasteiger partial charge in [-0.2, -0.15) is 0 Å². The molecular formula is C25H29N3O3. The van der Waals surface area contributed by atoms with E-state index in [9.17, 15) is 14.4 Å². The third-order valence-electron chi connectivity index (χ3n) is 6.19. The van der Waals surface area contributed by atoms with Gasteiger partial charge in [-0.05, 0) is 61.1 Å². The maximum atomic E-state index is 12.9. The lowest BCUT2D eigenvalue weighted by Crippen LogP contribution is -2.34. The van der Waals surface area contributed by atoms with E-state index in [-0.39, 0.29) is 24.3 Å². The second kappa shape index (κ2) is 9.77. The zero-order chi connectivity index (χ0) is 21.6. The van der Waals surface area contributed by atoms with E-state index < -0.39 is 0 Å². The van der Waals surface area contributed by atoms with Crippen molar-refractivity contribution in [2.75, 3.05) is 23.3 Å². The summed E-state index contributed by atoms with van der Waals surface area (Å²) in [5.41, 5.74) is 3.33. The van der Waals surface area contributed by atoms with Crippen LogP contribution in [0.5, 0.6) is 0 Å². The van der Waals surface area contributed by atoms with Crippen molar-refractivity contribution in [1.82, 2.24) is 5.32 Å². The molecule has 0 radical (unpaired) electrons. The summed E-state index contributed by atoms with van der Waals surface area (Å²) < 4.78 is 0. The van der Waals surface area contributed by atoms with Crippen LogP contribution in [0.4, 0.5) is 11.4 Å². The minimum Gasteiger partial charge on any atom is -0.347 e. The normalized spacial score (nSPS) is 15.9. The van der Waals surface area contributed by atoms with E-state index in [0.29, 0.717) is 30.1 Å². The fourth-order valence-electron chi connectivity index (χ4n) is 4.51. The predicted molar refractivity (Wildman–Crippen MR) is 121 cm³/mol. The lowest BCUT2D eigenvalue weighted by molar-refractivity contribution is -0.125. The molecule has 1 aliphatic carbocycles. The molecule has 0 saturated heterocycles. The smallest absolute Gasteiger partial charge is 0.258 e. The number of para-hydroxylation sites is 1. The Morgan fingerprint density at radius 3 is 2.42 bits per heavy atom. The average molecular weight is 420 g/mol. The molecular weight excluding hydrogens is 390 g/mol. The van der Waals surface area contributed by atoms with E-state index in [0.717, 1.165) is 24.9 Å². The first-order valence-corrected chi connectivity index (χ1v) is 11.2. The van der Waals surface area contributed by atoms with E-state index in [1.54, 1.807) is 29.2 Å². The Balaban J connectivity index is 1.26. The highest BCUT2D eigenvalue weighted by Gasteiger charge is 2.25. The molecule has 2 aromatic rings. The third-order valence-corrected chi connectivity index (χ3v) is 6.19. The summed E-state index contributed by atoms with van der Waals surface area (Å²) in [6, 6.07) is 14.8. The van der Waals surface area contributed by atoms with Crippen LogP contribution in [-0.4, -0.2) is 30.8 Å². The number of rotatable bonds is 6. The fraction of sp³-hybridized carbons (Fsp3) is 0.400. The van der Waals surface area contributed by atoms with Crippen LogP contribution >= 0.6 is 0 Å². The van der Waals surface area contributed by atoms with Gasteiger partial charge in [0.05, 0.1) is 6.54 Å². The summed E-state index contributed by atoms with van der Waals surface area (Å²) in [6.07, 6.45) is 7.23. The number of amides is 3. The van der Waals surface area contributed by atoms with Gasteiger partial charge >= 0.3 is 0 Å². The number of hydrogen-bond donors (Lipinski definition) is 2. The van der Waals surface area contributed by atoms with Crippen LogP contribution < -0.4 is 15.5 Å². The van der Waals surface area contributed by atoms with Crippen molar-refractivity contribution < 1.29 is 14.4 Å². The number of hydrogen-bond acceptors (Lipinski definition) is 3. The summed E-state index contributed by atoms with van der Waals surface area (Å²) in [7, 11) is 0. The highest BCUT2D eigenvalue weighted by atomic mass is 16.2. The second-order valence-corrected chi connectivity index (χ2v) is 8.45. The minimum absolute atomic E-state index is 0.0437. The zero-order valence-electron chi connectivity index (χ0n) is 17.7. The Morgan fingerprint density at radius 1 is 0.903 bits per heavy atom. The molecule has 1 heterocycles. The molecule has 0 unspecified atom stereocenters. The molecule has 1 saturated carbocycles. The van der Waals surface area contributed by atoms with Crippen molar-refractivity contribution in [3.63, 3.8) is 0 Å². The maximum Gasteiger partial charge on any atom is 0.258 e. The van der Waals surface area contributed by atoms with Crippen molar-refractivity contribution in [3.8, 4) is 0 Å². The quantitative estimate of drug-likeness (QED) is 0.745. The number of nitrogens with zero attached hydrogens (tertiary/aromatic N) is 1. The molecule has 0 spiro atoms. The van der Waals surface area contributed by atoms with E-state index in [1.807, 2.05) is 18.2 Å². The number of fused-ring (bicyclic) bond motifs is 1. The van der Waals surface area contributed by atoms with Gasteiger partial charge in [-0.25, -0.2) is 0 Å². The van der Waals surface area contributed by atoms with Gasteiger partial charge in [-0.1, -0.05) is 37.5 Å². The van der Waals surface area contributed by atoms with Gasteiger partial charge < -0.3 is 15.5 Å². The summed E-state index contributed by atoms with van der Waals surface area (Å²) in [5.74, 6) is 0.0701. The highest BCUT2D eigenvalue weighted by Crippen LogP contribution is 2.29. The lowest BCUT2D eigenvalue weighted by Gasteiger charge is -2.20. The molecule has 6 heteroatoms. The summed E-state index contributed by atoms with van der Waals surface area (Å²) >= 11 is 0. The molecule has 0 atom stereocenters. The first kappa shape index (κ1) is 21.1. The van der Waals surface area contributed by atoms with Gasteiger partial charge in [0, 0.05) is 29.9 Å². The molecule has 6 nitrogen and oxygen atoms in total. The van der Waals surface area contributed by atoms with Crippen LogP contribution in [0.3, 0.4) is 0 Å². The van der Waals surface area contributed by atoms with E-state index in [2.05, 4.69) is 16.7 Å². The van der Waals surface area contributed by atoms with Gasteiger partial charge in [-0.15, -0.1) is 0 Å². The first-order valence-electron chi connectivity index (χ1n) is 11.2. The summed E-state index contributed by atoms with van der Waals surface area (Å²) in [4.78, 5) is 38.9. The van der Waals surface area contributed by atoms with E-state index in [1.165, 1.54) is 24.8 Å². The maximum absolute atomic E-state index is 12.9. The molecule has 31 heavy (non-hydrogen) atoms. The minimum atomic E-state index is -0.274. The third kappa shape index (κ3) is 5.32. The largest absolute Gasteiger partial charge is 0.347 e. The zero-order valence-corrected chi connectivity index (χ0v) is 17.7. The molecule has 4 rings (SSSR count). The Hall–Kier alpha value is -3.15. The Bertz CT molecular complexity index is 949. The predicted octanol–water partition coefficient (Wildman–Crippen LogP) is 3.91. The molecule has 3 amide bonds. The lowest BCUT2D eigenvalue weighted by atomic mass is 9.87. The van der Waals surface area contributed by atoms with Crippen molar-refractivity contribution in [1.29, 1.82) is 0 Å². The Kier molecular flexibility index (Phi) is 6.65. The van der Waals surface area contributed by atoms with Crippen LogP contribution in [0.15, 0.2) is 48.5 Å². The molecule has 2 N–H and O–H groups in total. The topological polar surface area (TPSA) is 78.5 Å². The van der Waals surface area contributed by atoms with Gasteiger partial charge in [-0.3, -0.25) is 14.4 Å². The molecule has 162 valence electrons. The number of carbonyl (C=O) groups is 3. The summed E-state index contributed by atoms with van der Waals surface area (Å²) in [5, 5.41) is 5.49. The van der Waals surface area contributed by atoms with Gasteiger partial charge in [0.25, 0.3) is 5.91 Å². The first-order chi connectivity index (χ1) is 15.1. The monoisotopic (exact) mass is 419 g/mol. The van der Waals surface area contributed by atoms with Crippen molar-refractivity contribution in [2.24, 2.45) is 5.92 Å². The summed E-state index contributed by atoms with van der Waals surface area (Å²) in [6.45, 7) is 0.633. The average Bonchev–Trinajstić information content (AvgIpc) is 3.23. The SMILES string of the molecule is O=C(CC1CCCCC1)NCC(=O)Nc1ccc(C(=O)N2CCc3ccccc32)cc1. The van der Waals surface area contributed by atoms with Crippen LogP contribution in [0.1, 0.15) is 54.4 Å². The Morgan fingerprint density at radius 2 is 1.65 bits per heavy atom. The molecule has 1 fully saturated rings. The van der Waals surface area contributed by atoms with Gasteiger partial charge in [0.15, 0.2) is 0 Å². The van der Waals surface area contributed by atoms with Crippen LogP contribution in [0.2, 0.25) is 0 Å². The van der Waals surface area contributed by atoms with Crippen LogP contribution in [0, 0.1) is 5.92 Å². The van der Waals surface area contributed by atoms with Gasteiger partial charge in [0.2, 0.25) is 11.8 Å². The number of nitrogens with one attached hydrogen (secondary N) is 2. The molecule has 2 aromatic carbocycles. The standard InChI is InChI=1S/C25H29N3O3/c29-23(16-18-6-2-1-3-7-18)26-17-24(30)27-21-12-10-20(11-13-21)25(31)28-15-14-19-8-4-5-9-22(19)28/h4-5,8-13,18H,1-3,6-7,14-17H2,(H,26,29)(H,27,30). The highest BCUT2D eigenvalue weighted by molar-refractivity contribution is 6.07. The van der Waals surface area contributed by atoms with E-state index in [4.69, 9.17) is 0 Å². The van der Waals surface area contributed by atoms with Crippen molar-refractivity contribution in [2.45, 2.75) is 44.9 Å². The second-order valence-electron chi connectivity index (χ2n) is 8.45. The van der Waals surface area contributed by atoms with Gasteiger partial charge in [0.1, 0.15) is 0 Å².